The molecule has 0 fully saturated rings. The molecule has 0 saturated carbocycles. The number of nitrogens with zero attached hydrogens (tertiary/aromatic N) is 1. The third-order valence-electron chi connectivity index (χ3n) is 5.04. The first-order valence-electron chi connectivity index (χ1n) is 9.68. The van der Waals surface area contributed by atoms with E-state index in [2.05, 4.69) is 4.99 Å². The molecule has 1 aliphatic heterocycles. The van der Waals surface area contributed by atoms with Crippen molar-refractivity contribution in [3.63, 3.8) is 0 Å². The largest absolute Gasteiger partial charge is 0.465 e. The zero-order valence-electron chi connectivity index (χ0n) is 16.5. The third kappa shape index (κ3) is 4.06. The van der Waals surface area contributed by atoms with Crippen LogP contribution >= 0.6 is 0 Å². The Labute approximate surface area is 164 Å². The van der Waals surface area contributed by atoms with Gasteiger partial charge in [-0.1, -0.05) is 19.1 Å². The summed E-state index contributed by atoms with van der Waals surface area (Å²) < 4.78 is 10.5. The number of carbonyl (C=O) groups is 3. The van der Waals surface area contributed by atoms with Crippen LogP contribution in [0.2, 0.25) is 0 Å². The van der Waals surface area contributed by atoms with Gasteiger partial charge < -0.3 is 9.47 Å². The van der Waals surface area contributed by atoms with E-state index < -0.39 is 17.8 Å². The molecule has 0 radical (unpaired) electrons. The van der Waals surface area contributed by atoms with Crippen molar-refractivity contribution in [3.05, 3.63) is 41.1 Å². The van der Waals surface area contributed by atoms with Gasteiger partial charge in [0.25, 0.3) is 0 Å². The lowest BCUT2D eigenvalue weighted by molar-refractivity contribution is -0.146. The molecule has 1 aromatic rings. The Kier molecular flexibility index (Phi) is 6.07. The molecule has 1 heterocycles. The molecule has 148 valence electrons. The van der Waals surface area contributed by atoms with E-state index in [0.717, 1.165) is 30.5 Å². The Morgan fingerprint density at radius 3 is 2.54 bits per heavy atom. The quantitative estimate of drug-likeness (QED) is 0.571. The van der Waals surface area contributed by atoms with Gasteiger partial charge in [-0.3, -0.25) is 19.4 Å². The van der Waals surface area contributed by atoms with Crippen LogP contribution in [0.1, 0.15) is 57.9 Å². The Morgan fingerprint density at radius 2 is 1.89 bits per heavy atom. The lowest BCUT2D eigenvalue weighted by Crippen LogP contribution is -2.37. The predicted molar refractivity (Wildman–Crippen MR) is 104 cm³/mol. The van der Waals surface area contributed by atoms with Crippen molar-refractivity contribution in [3.8, 4) is 5.75 Å². The maximum atomic E-state index is 12.8. The molecule has 0 bridgehead atoms. The van der Waals surface area contributed by atoms with Crippen LogP contribution in [-0.4, -0.2) is 30.0 Å². The average Bonchev–Trinajstić information content (AvgIpc) is 2.65. The van der Waals surface area contributed by atoms with Crippen LogP contribution in [0.3, 0.4) is 0 Å². The SMILES string of the molecule is CCCOC(=O)C1C(C)=NC2=C(C(=O)CCC2)[C@H]1c1ccc(OC(C)=O)cc1. The first-order chi connectivity index (χ1) is 13.4. The fraction of sp³-hybridized carbons (Fsp3) is 0.455. The van der Waals surface area contributed by atoms with Gasteiger partial charge in [-0.15, -0.1) is 0 Å². The lowest BCUT2D eigenvalue weighted by atomic mass is 9.72. The Morgan fingerprint density at radius 1 is 1.18 bits per heavy atom. The van der Waals surface area contributed by atoms with Crippen LogP contribution < -0.4 is 4.74 Å². The van der Waals surface area contributed by atoms with Crippen molar-refractivity contribution in [2.24, 2.45) is 10.9 Å². The summed E-state index contributed by atoms with van der Waals surface area (Å²) in [5.41, 5.74) is 2.88. The second-order valence-corrected chi connectivity index (χ2v) is 7.18. The predicted octanol–water partition coefficient (Wildman–Crippen LogP) is 3.75. The zero-order valence-corrected chi connectivity index (χ0v) is 16.5. The van der Waals surface area contributed by atoms with Crippen molar-refractivity contribution < 1.29 is 23.9 Å². The summed E-state index contributed by atoms with van der Waals surface area (Å²) >= 11 is 0. The summed E-state index contributed by atoms with van der Waals surface area (Å²) in [6.07, 6.45) is 2.70. The highest BCUT2D eigenvalue weighted by Gasteiger charge is 2.43. The van der Waals surface area contributed by atoms with Crippen LogP contribution in [0.5, 0.6) is 5.75 Å². The van der Waals surface area contributed by atoms with Crippen molar-refractivity contribution >= 4 is 23.4 Å². The normalized spacial score (nSPS) is 21.7. The summed E-state index contributed by atoms with van der Waals surface area (Å²) in [5.74, 6) is -1.36. The van der Waals surface area contributed by atoms with Gasteiger partial charge in [-0.2, -0.15) is 0 Å². The summed E-state index contributed by atoms with van der Waals surface area (Å²) in [6, 6.07) is 6.96. The molecular weight excluding hydrogens is 358 g/mol. The van der Waals surface area contributed by atoms with Crippen LogP contribution in [0.25, 0.3) is 0 Å². The van der Waals surface area contributed by atoms with Gasteiger partial charge in [0.1, 0.15) is 11.7 Å². The van der Waals surface area contributed by atoms with Crippen LogP contribution in [0.15, 0.2) is 40.5 Å². The lowest BCUT2D eigenvalue weighted by Gasteiger charge is -2.34. The van der Waals surface area contributed by atoms with Crippen molar-refractivity contribution in [1.29, 1.82) is 0 Å². The molecule has 0 amide bonds. The van der Waals surface area contributed by atoms with Gasteiger partial charge in [0.05, 0.1) is 6.61 Å². The fourth-order valence-electron chi connectivity index (χ4n) is 3.87. The number of benzene rings is 1. The van der Waals surface area contributed by atoms with Gasteiger partial charge in [0.2, 0.25) is 0 Å². The van der Waals surface area contributed by atoms with Gasteiger partial charge in [0.15, 0.2) is 5.78 Å². The van der Waals surface area contributed by atoms with Gasteiger partial charge in [-0.05, 0) is 43.9 Å². The number of carbonyl (C=O) groups excluding carboxylic acids is 3. The highest BCUT2D eigenvalue weighted by Crippen LogP contribution is 2.43. The van der Waals surface area contributed by atoms with E-state index in [1.165, 1.54) is 6.92 Å². The number of hydrogen-bond acceptors (Lipinski definition) is 6. The summed E-state index contributed by atoms with van der Waals surface area (Å²) in [7, 11) is 0. The molecule has 2 atom stereocenters. The van der Waals surface area contributed by atoms with Gasteiger partial charge in [0, 0.05) is 36.2 Å². The van der Waals surface area contributed by atoms with Crippen LogP contribution in [0, 0.1) is 5.92 Å². The van der Waals surface area contributed by atoms with E-state index in [-0.39, 0.29) is 11.8 Å². The molecule has 0 aromatic heterocycles. The second-order valence-electron chi connectivity index (χ2n) is 7.18. The molecule has 28 heavy (non-hydrogen) atoms. The number of ketones is 1. The molecular formula is C22H25NO5. The summed E-state index contributed by atoms with van der Waals surface area (Å²) in [4.78, 5) is 41.4. The summed E-state index contributed by atoms with van der Waals surface area (Å²) in [6.45, 7) is 5.43. The maximum absolute atomic E-state index is 12.8. The van der Waals surface area contributed by atoms with E-state index in [4.69, 9.17) is 9.47 Å². The molecule has 6 heteroatoms. The summed E-state index contributed by atoms with van der Waals surface area (Å²) in [5, 5.41) is 0. The highest BCUT2D eigenvalue weighted by atomic mass is 16.5. The highest BCUT2D eigenvalue weighted by molar-refractivity contribution is 6.08. The topological polar surface area (TPSA) is 82.0 Å². The molecule has 0 saturated heterocycles. The van der Waals surface area contributed by atoms with Crippen molar-refractivity contribution in [2.45, 2.75) is 52.4 Å². The first kappa shape index (κ1) is 20.0. The van der Waals surface area contributed by atoms with Crippen LogP contribution in [-0.2, 0) is 19.1 Å². The van der Waals surface area contributed by atoms with E-state index in [1.54, 1.807) is 24.3 Å². The minimum atomic E-state index is -0.632. The Bertz CT molecular complexity index is 850. The number of ether oxygens (including phenoxy) is 2. The number of esters is 2. The monoisotopic (exact) mass is 383 g/mol. The van der Waals surface area contributed by atoms with Crippen LogP contribution in [0.4, 0.5) is 0 Å². The minimum Gasteiger partial charge on any atom is -0.465 e. The Balaban J connectivity index is 2.03. The van der Waals surface area contributed by atoms with E-state index >= 15 is 0 Å². The number of allylic oxidation sites excluding steroid dienone is 2. The molecule has 6 nitrogen and oxygen atoms in total. The zero-order chi connectivity index (χ0) is 20.3. The molecule has 2 aliphatic rings. The smallest absolute Gasteiger partial charge is 0.315 e. The molecule has 0 N–H and O–H groups in total. The van der Waals surface area contributed by atoms with Crippen molar-refractivity contribution in [1.82, 2.24) is 0 Å². The number of rotatable bonds is 5. The van der Waals surface area contributed by atoms with E-state index in [0.29, 0.717) is 30.1 Å². The molecule has 1 aliphatic carbocycles. The third-order valence-corrected chi connectivity index (χ3v) is 5.04. The molecule has 1 aromatic carbocycles. The van der Waals surface area contributed by atoms with Gasteiger partial charge >= 0.3 is 11.9 Å². The number of aliphatic imine (C=N–C) groups is 1. The fourth-order valence-corrected chi connectivity index (χ4v) is 3.87. The standard InChI is InChI=1S/C22H25NO5/c1-4-12-27-22(26)19-13(2)23-17-6-5-7-18(25)21(17)20(19)15-8-10-16(11-9-15)28-14(3)24/h8-11,19-20H,4-7,12H2,1-3H3/t19?,20-/m0/s1. The Hall–Kier alpha value is -2.76. The molecule has 0 spiro atoms. The molecule has 1 unspecified atom stereocenters. The maximum Gasteiger partial charge on any atom is 0.315 e. The first-order valence-corrected chi connectivity index (χ1v) is 9.68. The second kappa shape index (κ2) is 8.50. The van der Waals surface area contributed by atoms with E-state index in [9.17, 15) is 14.4 Å². The number of Topliss-reactive ketones (excluding diaryl/α,β-unsaturated/α-hetero) is 1. The van der Waals surface area contributed by atoms with E-state index in [1.807, 2.05) is 13.8 Å². The average molecular weight is 383 g/mol. The van der Waals surface area contributed by atoms with Crippen molar-refractivity contribution in [2.75, 3.05) is 6.61 Å². The van der Waals surface area contributed by atoms with Gasteiger partial charge in [-0.25, -0.2) is 0 Å². The minimum absolute atomic E-state index is 0.0415. The molecule has 3 rings (SSSR count). The number of hydrogen-bond donors (Lipinski definition) is 0.